The summed E-state index contributed by atoms with van der Waals surface area (Å²) in [5.74, 6) is 0.00610. The van der Waals surface area contributed by atoms with E-state index in [1.54, 1.807) is 19.1 Å². The van der Waals surface area contributed by atoms with Crippen LogP contribution in [0.4, 0.5) is 0 Å². The fourth-order valence-corrected chi connectivity index (χ4v) is 5.42. The van der Waals surface area contributed by atoms with Crippen molar-refractivity contribution < 1.29 is 13.2 Å². The minimum atomic E-state index is -3.18. The molecular weight excluding hydrogens is 310 g/mol. The molecule has 1 saturated carbocycles. The summed E-state index contributed by atoms with van der Waals surface area (Å²) in [6.07, 6.45) is 0. The molecule has 0 saturated heterocycles. The van der Waals surface area contributed by atoms with E-state index in [9.17, 15) is 8.42 Å². The van der Waals surface area contributed by atoms with Crippen LogP contribution in [-0.2, 0) is 14.6 Å². The predicted octanol–water partition coefficient (Wildman–Crippen LogP) is 2.22. The lowest BCUT2D eigenvalue weighted by Crippen LogP contribution is -2.29. The van der Waals surface area contributed by atoms with Crippen LogP contribution in [0, 0.1) is 5.41 Å². The van der Waals surface area contributed by atoms with Gasteiger partial charge in [0.25, 0.3) is 0 Å². The van der Waals surface area contributed by atoms with Gasteiger partial charge >= 0.3 is 0 Å². The van der Waals surface area contributed by atoms with Gasteiger partial charge < -0.3 is 10.5 Å². The molecule has 4 nitrogen and oxygen atoms in total. The Hall–Kier alpha value is -0.620. The molecule has 1 fully saturated rings. The van der Waals surface area contributed by atoms with Gasteiger partial charge in [0.2, 0.25) is 0 Å². The molecule has 0 unspecified atom stereocenters. The quantitative estimate of drug-likeness (QED) is 0.831. The van der Waals surface area contributed by atoms with Crippen LogP contribution in [0.25, 0.3) is 0 Å². The van der Waals surface area contributed by atoms with Crippen molar-refractivity contribution in [3.05, 3.63) is 34.9 Å². The number of hydrogen-bond acceptors (Lipinski definition) is 4. The maximum Gasteiger partial charge on any atom is 0.154 e. The third-order valence-corrected chi connectivity index (χ3v) is 6.93. The molecule has 3 atom stereocenters. The summed E-state index contributed by atoms with van der Waals surface area (Å²) in [7, 11) is -3.18. The van der Waals surface area contributed by atoms with Gasteiger partial charge in [0.05, 0.1) is 11.9 Å². The van der Waals surface area contributed by atoms with E-state index >= 15 is 0 Å². The summed E-state index contributed by atoms with van der Waals surface area (Å²) in [5, 5.41) is 0.171. The summed E-state index contributed by atoms with van der Waals surface area (Å²) >= 11 is 5.91. The molecule has 6 heteroatoms. The fourth-order valence-electron chi connectivity index (χ4n) is 3.14. The number of nitrogens with two attached hydrogens (primary N) is 1. The summed E-state index contributed by atoms with van der Waals surface area (Å²) in [4.78, 5) is 0. The summed E-state index contributed by atoms with van der Waals surface area (Å²) in [6, 6.07) is 7.34. The standard InChI is InChI=1S/C15H22ClNO3S/c1-3-20-10-15(9-17)13(14(15)21(18,19)4-2)11-5-7-12(16)8-6-11/h5-8,13-14H,3-4,9-10,17H2,1-2H3/t13-,14+,15-/m1/s1. The molecule has 0 amide bonds. The van der Waals surface area contributed by atoms with Crippen LogP contribution < -0.4 is 5.73 Å². The smallest absolute Gasteiger partial charge is 0.154 e. The van der Waals surface area contributed by atoms with Crippen molar-refractivity contribution in [2.45, 2.75) is 25.0 Å². The Balaban J connectivity index is 2.38. The summed E-state index contributed by atoms with van der Waals surface area (Å²) in [5.41, 5.74) is 6.39. The number of ether oxygens (including phenoxy) is 1. The van der Waals surface area contributed by atoms with Crippen molar-refractivity contribution in [3.63, 3.8) is 0 Å². The van der Waals surface area contributed by atoms with Crippen LogP contribution in [0.15, 0.2) is 24.3 Å². The molecule has 0 aromatic heterocycles. The minimum Gasteiger partial charge on any atom is -0.381 e. The topological polar surface area (TPSA) is 69.4 Å². The van der Waals surface area contributed by atoms with Gasteiger partial charge in [-0.1, -0.05) is 30.7 Å². The zero-order chi connectivity index (χ0) is 15.7. The molecule has 0 radical (unpaired) electrons. The van der Waals surface area contributed by atoms with Crippen molar-refractivity contribution in [1.82, 2.24) is 0 Å². The van der Waals surface area contributed by atoms with E-state index in [-0.39, 0.29) is 11.7 Å². The van der Waals surface area contributed by atoms with Crippen LogP contribution >= 0.6 is 11.6 Å². The van der Waals surface area contributed by atoms with Crippen LogP contribution in [-0.4, -0.2) is 39.2 Å². The Morgan fingerprint density at radius 2 is 1.90 bits per heavy atom. The van der Waals surface area contributed by atoms with Gasteiger partial charge in [0.1, 0.15) is 0 Å². The predicted molar refractivity (Wildman–Crippen MR) is 85.4 cm³/mol. The number of rotatable bonds is 7. The molecule has 0 aliphatic heterocycles. The van der Waals surface area contributed by atoms with Crippen molar-refractivity contribution in [2.24, 2.45) is 11.1 Å². The van der Waals surface area contributed by atoms with E-state index in [2.05, 4.69) is 0 Å². The second-order valence-corrected chi connectivity index (χ2v) is 8.32. The molecule has 1 aromatic carbocycles. The highest BCUT2D eigenvalue weighted by atomic mass is 35.5. The third kappa shape index (κ3) is 2.97. The monoisotopic (exact) mass is 331 g/mol. The average Bonchev–Trinajstić information content (AvgIpc) is 3.16. The van der Waals surface area contributed by atoms with Gasteiger partial charge in [-0.05, 0) is 24.6 Å². The maximum absolute atomic E-state index is 12.4. The molecule has 1 aliphatic carbocycles. The van der Waals surface area contributed by atoms with Crippen LogP contribution in [0.3, 0.4) is 0 Å². The zero-order valence-electron chi connectivity index (χ0n) is 12.4. The lowest BCUT2D eigenvalue weighted by Gasteiger charge is -2.15. The molecular formula is C15H22ClNO3S. The van der Waals surface area contributed by atoms with Crippen LogP contribution in [0.2, 0.25) is 5.02 Å². The molecule has 0 heterocycles. The van der Waals surface area contributed by atoms with Crippen molar-refractivity contribution >= 4 is 21.4 Å². The van der Waals surface area contributed by atoms with E-state index in [1.165, 1.54) is 0 Å². The second kappa shape index (κ2) is 6.24. The Morgan fingerprint density at radius 3 is 2.38 bits per heavy atom. The van der Waals surface area contributed by atoms with Gasteiger partial charge in [0, 0.05) is 35.3 Å². The fraction of sp³-hybridized carbons (Fsp3) is 0.600. The Kier molecular flexibility index (Phi) is 4.98. The average molecular weight is 332 g/mol. The maximum atomic E-state index is 12.4. The molecule has 21 heavy (non-hydrogen) atoms. The van der Waals surface area contributed by atoms with Crippen LogP contribution in [0.1, 0.15) is 25.3 Å². The van der Waals surface area contributed by atoms with E-state index in [0.717, 1.165) is 5.56 Å². The SMILES string of the molecule is CCOC[C@]1(CN)[C@H](c2ccc(Cl)cc2)[C@@H]1S(=O)(=O)CC. The second-order valence-electron chi connectivity index (χ2n) is 5.48. The van der Waals surface area contributed by atoms with E-state index in [4.69, 9.17) is 22.1 Å². The highest BCUT2D eigenvalue weighted by molar-refractivity contribution is 7.92. The first-order chi connectivity index (χ1) is 9.93. The first-order valence-corrected chi connectivity index (χ1v) is 9.27. The van der Waals surface area contributed by atoms with E-state index in [1.807, 2.05) is 19.1 Å². The minimum absolute atomic E-state index is 0.115. The zero-order valence-corrected chi connectivity index (χ0v) is 14.0. The Labute approximate surface area is 131 Å². The third-order valence-electron chi connectivity index (χ3n) is 4.35. The lowest BCUT2D eigenvalue weighted by molar-refractivity contribution is 0.101. The van der Waals surface area contributed by atoms with Crippen LogP contribution in [0.5, 0.6) is 0 Å². The molecule has 1 aromatic rings. The number of halogens is 1. The van der Waals surface area contributed by atoms with Crippen molar-refractivity contribution in [3.8, 4) is 0 Å². The number of benzene rings is 1. The van der Waals surface area contributed by atoms with Gasteiger partial charge in [-0.2, -0.15) is 0 Å². The first kappa shape index (κ1) is 16.7. The van der Waals surface area contributed by atoms with E-state index < -0.39 is 20.5 Å². The van der Waals surface area contributed by atoms with Crippen molar-refractivity contribution in [2.75, 3.05) is 25.5 Å². The van der Waals surface area contributed by atoms with Gasteiger partial charge in [0.15, 0.2) is 9.84 Å². The first-order valence-electron chi connectivity index (χ1n) is 7.17. The lowest BCUT2D eigenvalue weighted by atomic mass is 10.00. The molecule has 2 rings (SSSR count). The number of hydrogen-bond donors (Lipinski definition) is 1. The van der Waals surface area contributed by atoms with Gasteiger partial charge in [-0.15, -0.1) is 0 Å². The number of sulfone groups is 1. The largest absolute Gasteiger partial charge is 0.381 e. The molecule has 0 bridgehead atoms. The molecule has 1 aliphatic rings. The Bertz CT molecular complexity index is 587. The molecule has 118 valence electrons. The summed E-state index contributed by atoms with van der Waals surface area (Å²) < 4.78 is 30.4. The summed E-state index contributed by atoms with van der Waals surface area (Å²) in [6.45, 7) is 4.79. The molecule has 0 spiro atoms. The van der Waals surface area contributed by atoms with Crippen molar-refractivity contribution in [1.29, 1.82) is 0 Å². The van der Waals surface area contributed by atoms with E-state index in [0.29, 0.717) is 24.8 Å². The highest BCUT2D eigenvalue weighted by Gasteiger charge is 2.69. The molecule has 2 N–H and O–H groups in total. The van der Waals surface area contributed by atoms with Gasteiger partial charge in [-0.25, -0.2) is 8.42 Å². The highest BCUT2D eigenvalue weighted by Crippen LogP contribution is 2.62. The van der Waals surface area contributed by atoms with Gasteiger partial charge in [-0.3, -0.25) is 0 Å². The Morgan fingerprint density at radius 1 is 1.29 bits per heavy atom. The normalized spacial score (nSPS) is 28.6.